The van der Waals surface area contributed by atoms with Crippen LogP contribution in [0.2, 0.25) is 0 Å². The third-order valence-electron chi connectivity index (χ3n) is 4.42. The number of benzene rings is 1. The molecule has 2 aromatic heterocycles. The highest BCUT2D eigenvalue weighted by Gasteiger charge is 2.22. The Morgan fingerprint density at radius 2 is 1.91 bits per heavy atom. The van der Waals surface area contributed by atoms with Crippen molar-refractivity contribution in [3.05, 3.63) is 36.7 Å². The molecule has 2 N–H and O–H groups in total. The second kappa shape index (κ2) is 5.87. The van der Waals surface area contributed by atoms with Gasteiger partial charge in [-0.15, -0.1) is 0 Å². The molecule has 2 heterocycles. The highest BCUT2D eigenvalue weighted by atomic mass is 15.4. The van der Waals surface area contributed by atoms with Gasteiger partial charge in [-0.05, 0) is 18.4 Å². The molecule has 1 aliphatic carbocycles. The zero-order valence-electron chi connectivity index (χ0n) is 13.2. The minimum atomic E-state index is 0.483. The first-order valence-corrected chi connectivity index (χ1v) is 8.10. The summed E-state index contributed by atoms with van der Waals surface area (Å²) in [5.41, 5.74) is 2.15. The van der Waals surface area contributed by atoms with Crippen LogP contribution < -0.4 is 10.6 Å². The van der Waals surface area contributed by atoms with Crippen molar-refractivity contribution < 1.29 is 0 Å². The molecule has 6 heteroatoms. The van der Waals surface area contributed by atoms with Gasteiger partial charge < -0.3 is 10.6 Å². The topological polar surface area (TPSA) is 67.1 Å². The van der Waals surface area contributed by atoms with Crippen LogP contribution in [0.25, 0.3) is 16.9 Å². The van der Waals surface area contributed by atoms with Gasteiger partial charge in [0.15, 0.2) is 0 Å². The number of fused-ring (bicyclic) bond motifs is 1. The van der Waals surface area contributed by atoms with Crippen LogP contribution in [0.15, 0.2) is 36.7 Å². The van der Waals surface area contributed by atoms with E-state index in [4.69, 9.17) is 0 Å². The van der Waals surface area contributed by atoms with Crippen LogP contribution in [-0.2, 0) is 0 Å². The third kappa shape index (κ3) is 2.50. The van der Waals surface area contributed by atoms with E-state index in [9.17, 15) is 0 Å². The van der Waals surface area contributed by atoms with Crippen LogP contribution in [0.5, 0.6) is 0 Å². The van der Waals surface area contributed by atoms with Crippen molar-refractivity contribution >= 4 is 17.4 Å². The average molecular weight is 308 g/mol. The van der Waals surface area contributed by atoms with Gasteiger partial charge in [-0.1, -0.05) is 43.2 Å². The molecule has 4 rings (SSSR count). The second-order valence-electron chi connectivity index (χ2n) is 5.90. The quantitative estimate of drug-likeness (QED) is 0.775. The molecule has 0 aliphatic heterocycles. The van der Waals surface area contributed by atoms with E-state index in [0.717, 1.165) is 22.8 Å². The molecule has 0 radical (unpaired) electrons. The first kappa shape index (κ1) is 14.0. The van der Waals surface area contributed by atoms with Crippen molar-refractivity contribution in [3.8, 4) is 11.1 Å². The van der Waals surface area contributed by atoms with Crippen LogP contribution in [0.4, 0.5) is 11.6 Å². The van der Waals surface area contributed by atoms with E-state index in [0.29, 0.717) is 11.8 Å². The average Bonchev–Trinajstić information content (AvgIpc) is 3.26. The predicted molar refractivity (Wildman–Crippen MR) is 91.6 cm³/mol. The number of hydrogen-bond acceptors (Lipinski definition) is 5. The van der Waals surface area contributed by atoms with Crippen LogP contribution in [0, 0.1) is 0 Å². The Labute approximate surface area is 135 Å². The summed E-state index contributed by atoms with van der Waals surface area (Å²) in [7, 11) is 1.89. The fourth-order valence-electron chi connectivity index (χ4n) is 3.30. The smallest absolute Gasteiger partial charge is 0.256 e. The van der Waals surface area contributed by atoms with Gasteiger partial charge in [-0.2, -0.15) is 19.6 Å². The maximum absolute atomic E-state index is 4.60. The van der Waals surface area contributed by atoms with Crippen molar-refractivity contribution in [2.45, 2.75) is 31.7 Å². The molecule has 1 aliphatic rings. The van der Waals surface area contributed by atoms with E-state index in [1.54, 1.807) is 6.33 Å². The van der Waals surface area contributed by atoms with Gasteiger partial charge >= 0.3 is 0 Å². The van der Waals surface area contributed by atoms with E-state index in [-0.39, 0.29) is 0 Å². The molecule has 0 amide bonds. The molecule has 1 saturated carbocycles. The van der Waals surface area contributed by atoms with Crippen molar-refractivity contribution in [2.24, 2.45) is 0 Å². The van der Waals surface area contributed by atoms with Crippen LogP contribution >= 0.6 is 0 Å². The van der Waals surface area contributed by atoms with Crippen molar-refractivity contribution in [1.82, 2.24) is 19.6 Å². The summed E-state index contributed by atoms with van der Waals surface area (Å²) >= 11 is 0. The molecule has 1 fully saturated rings. The van der Waals surface area contributed by atoms with Crippen LogP contribution in [-0.4, -0.2) is 32.7 Å². The van der Waals surface area contributed by atoms with Gasteiger partial charge in [-0.25, -0.2) is 0 Å². The number of anilines is 2. The van der Waals surface area contributed by atoms with Gasteiger partial charge in [-0.3, -0.25) is 0 Å². The molecule has 0 unspecified atom stereocenters. The molecule has 3 aromatic rings. The summed E-state index contributed by atoms with van der Waals surface area (Å²) in [6, 6.07) is 10.8. The summed E-state index contributed by atoms with van der Waals surface area (Å²) in [6.07, 6.45) is 6.51. The van der Waals surface area contributed by atoms with Gasteiger partial charge in [0.05, 0.1) is 5.56 Å². The Balaban J connectivity index is 1.93. The highest BCUT2D eigenvalue weighted by molar-refractivity contribution is 5.86. The Morgan fingerprint density at radius 3 is 2.65 bits per heavy atom. The Hall–Kier alpha value is -2.63. The maximum atomic E-state index is 4.60. The van der Waals surface area contributed by atoms with Gasteiger partial charge in [0, 0.05) is 13.1 Å². The monoisotopic (exact) mass is 308 g/mol. The second-order valence-corrected chi connectivity index (χ2v) is 5.90. The van der Waals surface area contributed by atoms with Gasteiger partial charge in [0.2, 0.25) is 0 Å². The van der Waals surface area contributed by atoms with Gasteiger partial charge in [0.25, 0.3) is 5.78 Å². The Morgan fingerprint density at radius 1 is 1.13 bits per heavy atom. The maximum Gasteiger partial charge on any atom is 0.256 e. The number of aromatic nitrogens is 4. The molecule has 0 atom stereocenters. The summed E-state index contributed by atoms with van der Waals surface area (Å²) < 4.78 is 1.81. The first-order chi connectivity index (χ1) is 11.4. The first-order valence-electron chi connectivity index (χ1n) is 8.10. The van der Waals surface area contributed by atoms with Crippen molar-refractivity contribution in [2.75, 3.05) is 17.7 Å². The summed E-state index contributed by atoms with van der Waals surface area (Å²) in [5, 5.41) is 11.3. The molecule has 0 saturated heterocycles. The lowest BCUT2D eigenvalue weighted by molar-refractivity contribution is 0.741. The van der Waals surface area contributed by atoms with Crippen LogP contribution in [0.3, 0.4) is 0 Å². The molecule has 23 heavy (non-hydrogen) atoms. The highest BCUT2D eigenvalue weighted by Crippen LogP contribution is 2.35. The predicted octanol–water partition coefficient (Wildman–Crippen LogP) is 3.19. The SMILES string of the molecule is CNc1nc2ncnn2c(NC2CCCC2)c1-c1ccccc1. The van der Waals surface area contributed by atoms with E-state index >= 15 is 0 Å². The number of nitrogens with zero attached hydrogens (tertiary/aromatic N) is 4. The standard InChI is InChI=1S/C17H20N6/c1-18-15-14(12-7-3-2-4-8-12)16(21-13-9-5-6-10-13)23-17(22-15)19-11-20-23/h2-4,7-8,11,13,21H,5-6,9-10H2,1H3,(H,18,19,20,22). The zero-order valence-corrected chi connectivity index (χ0v) is 13.2. The molecule has 0 spiro atoms. The van der Waals surface area contributed by atoms with E-state index in [1.165, 1.54) is 25.7 Å². The molecule has 6 nitrogen and oxygen atoms in total. The lowest BCUT2D eigenvalue weighted by Gasteiger charge is -2.20. The van der Waals surface area contributed by atoms with E-state index < -0.39 is 0 Å². The summed E-state index contributed by atoms with van der Waals surface area (Å²) in [4.78, 5) is 8.86. The number of nitrogens with one attached hydrogen (secondary N) is 2. The lowest BCUT2D eigenvalue weighted by Crippen LogP contribution is -2.19. The molecule has 0 bridgehead atoms. The molecule has 118 valence electrons. The fourth-order valence-corrected chi connectivity index (χ4v) is 3.30. The molecule has 1 aromatic carbocycles. The van der Waals surface area contributed by atoms with E-state index in [2.05, 4.69) is 37.8 Å². The summed E-state index contributed by atoms with van der Waals surface area (Å²) in [6.45, 7) is 0. The minimum absolute atomic E-state index is 0.483. The number of hydrogen-bond donors (Lipinski definition) is 2. The number of rotatable bonds is 4. The minimum Gasteiger partial charge on any atom is -0.372 e. The normalized spacial score (nSPS) is 15.2. The van der Waals surface area contributed by atoms with Gasteiger partial charge in [0.1, 0.15) is 18.0 Å². The zero-order chi connectivity index (χ0) is 15.6. The van der Waals surface area contributed by atoms with E-state index in [1.807, 2.05) is 29.8 Å². The largest absolute Gasteiger partial charge is 0.372 e. The Bertz CT molecular complexity index is 805. The van der Waals surface area contributed by atoms with Crippen molar-refractivity contribution in [1.29, 1.82) is 0 Å². The van der Waals surface area contributed by atoms with Crippen LogP contribution in [0.1, 0.15) is 25.7 Å². The Kier molecular flexibility index (Phi) is 3.57. The molecular weight excluding hydrogens is 288 g/mol. The third-order valence-corrected chi connectivity index (χ3v) is 4.42. The van der Waals surface area contributed by atoms with Crippen molar-refractivity contribution in [3.63, 3.8) is 0 Å². The summed E-state index contributed by atoms with van der Waals surface area (Å²) in [5.74, 6) is 2.39. The lowest BCUT2D eigenvalue weighted by atomic mass is 10.1. The fraction of sp³-hybridized carbons (Fsp3) is 0.353. The molecular formula is C17H20N6.